The van der Waals surface area contributed by atoms with Crippen LogP contribution in [0, 0.1) is 5.92 Å². The Labute approximate surface area is 116 Å². The number of pyridine rings is 1. The number of hydrogen-bond donors (Lipinski definition) is 1. The van der Waals surface area contributed by atoms with Gasteiger partial charge >= 0.3 is 5.97 Å². The summed E-state index contributed by atoms with van der Waals surface area (Å²) in [6, 6.07) is 1.58. The van der Waals surface area contributed by atoms with Crippen molar-refractivity contribution in [2.45, 2.75) is 19.3 Å². The topological polar surface area (TPSA) is 70.5 Å². The molecule has 0 bridgehead atoms. The first-order chi connectivity index (χ1) is 9.08. The van der Waals surface area contributed by atoms with Crippen LogP contribution < -0.4 is 0 Å². The number of aromatic nitrogens is 1. The number of rotatable bonds is 3. The first-order valence-electron chi connectivity index (χ1n) is 6.18. The molecular formula is C13H15ClN2O3. The number of piperidine rings is 1. The van der Waals surface area contributed by atoms with E-state index >= 15 is 0 Å². The fourth-order valence-corrected chi connectivity index (χ4v) is 2.55. The number of carbonyl (C=O) groups excluding carboxylic acids is 1. The lowest BCUT2D eigenvalue weighted by Gasteiger charge is -2.32. The Hall–Kier alpha value is -1.62. The molecule has 1 amide bonds. The number of amides is 1. The molecule has 1 aromatic rings. The van der Waals surface area contributed by atoms with Crippen LogP contribution in [-0.2, 0) is 4.79 Å². The number of likely N-dealkylation sites (tertiary alicyclic amines) is 1. The summed E-state index contributed by atoms with van der Waals surface area (Å²) in [7, 11) is 0. The molecule has 6 heteroatoms. The zero-order valence-corrected chi connectivity index (χ0v) is 11.1. The highest BCUT2D eigenvalue weighted by Gasteiger charge is 2.26. The van der Waals surface area contributed by atoms with Gasteiger partial charge < -0.3 is 10.0 Å². The predicted octanol–water partition coefficient (Wildman–Crippen LogP) is 2.06. The summed E-state index contributed by atoms with van der Waals surface area (Å²) in [5.41, 5.74) is 0.375. The Bertz CT molecular complexity index is 493. The third kappa shape index (κ3) is 3.44. The molecule has 0 aliphatic carbocycles. The summed E-state index contributed by atoms with van der Waals surface area (Å²) in [6.07, 6.45) is 4.75. The highest BCUT2D eigenvalue weighted by atomic mass is 35.5. The second-order valence-electron chi connectivity index (χ2n) is 4.71. The van der Waals surface area contributed by atoms with Crippen molar-refractivity contribution in [3.8, 4) is 0 Å². The van der Waals surface area contributed by atoms with Crippen LogP contribution in [-0.4, -0.2) is 40.0 Å². The second kappa shape index (κ2) is 6.02. The normalized spacial score (nSPS) is 19.2. The first-order valence-corrected chi connectivity index (χ1v) is 6.56. The Morgan fingerprint density at radius 3 is 3.00 bits per heavy atom. The van der Waals surface area contributed by atoms with Gasteiger partial charge in [0, 0.05) is 31.9 Å². The SMILES string of the molecule is O=C(O)CC1CCCN(C(=O)c2cnccc2Cl)C1. The Kier molecular flexibility index (Phi) is 4.37. The molecule has 0 aromatic carbocycles. The summed E-state index contributed by atoms with van der Waals surface area (Å²) in [5.74, 6) is -0.974. The molecule has 1 aromatic heterocycles. The molecular weight excluding hydrogens is 268 g/mol. The van der Waals surface area contributed by atoms with Crippen molar-refractivity contribution >= 4 is 23.5 Å². The van der Waals surface area contributed by atoms with Crippen molar-refractivity contribution in [1.29, 1.82) is 0 Å². The second-order valence-corrected chi connectivity index (χ2v) is 5.12. The van der Waals surface area contributed by atoms with Crippen LogP contribution in [0.1, 0.15) is 29.6 Å². The molecule has 2 heterocycles. The van der Waals surface area contributed by atoms with Crippen LogP contribution in [0.2, 0.25) is 5.02 Å². The van der Waals surface area contributed by atoms with E-state index in [0.717, 1.165) is 12.8 Å². The summed E-state index contributed by atoms with van der Waals surface area (Å²) < 4.78 is 0. The maximum Gasteiger partial charge on any atom is 0.303 e. The summed E-state index contributed by atoms with van der Waals surface area (Å²) in [6.45, 7) is 1.11. The minimum Gasteiger partial charge on any atom is -0.481 e. The number of carbonyl (C=O) groups is 2. The monoisotopic (exact) mass is 282 g/mol. The van der Waals surface area contributed by atoms with Gasteiger partial charge in [0.1, 0.15) is 0 Å². The van der Waals surface area contributed by atoms with Crippen LogP contribution in [0.15, 0.2) is 18.5 Å². The van der Waals surface area contributed by atoms with Gasteiger partial charge in [0.15, 0.2) is 0 Å². The zero-order valence-electron chi connectivity index (χ0n) is 10.4. The van der Waals surface area contributed by atoms with Crippen molar-refractivity contribution in [3.05, 3.63) is 29.0 Å². The number of hydrogen-bond acceptors (Lipinski definition) is 3. The molecule has 1 unspecified atom stereocenters. The average Bonchev–Trinajstić information content (AvgIpc) is 2.38. The molecule has 1 fully saturated rings. The molecule has 1 N–H and O–H groups in total. The third-order valence-electron chi connectivity index (χ3n) is 3.27. The van der Waals surface area contributed by atoms with Crippen molar-refractivity contribution in [2.24, 2.45) is 5.92 Å². The number of nitrogens with zero attached hydrogens (tertiary/aromatic N) is 2. The van der Waals surface area contributed by atoms with E-state index in [2.05, 4.69) is 4.98 Å². The minimum absolute atomic E-state index is 0.0191. The molecule has 19 heavy (non-hydrogen) atoms. The molecule has 5 nitrogen and oxygen atoms in total. The van der Waals surface area contributed by atoms with Crippen molar-refractivity contribution in [1.82, 2.24) is 9.88 Å². The maximum absolute atomic E-state index is 12.3. The molecule has 1 atom stereocenters. The Balaban J connectivity index is 2.07. The van der Waals surface area contributed by atoms with E-state index in [0.29, 0.717) is 23.7 Å². The van der Waals surface area contributed by atoms with Gasteiger partial charge in [-0.25, -0.2) is 0 Å². The Morgan fingerprint density at radius 2 is 2.32 bits per heavy atom. The van der Waals surface area contributed by atoms with Crippen molar-refractivity contribution in [2.75, 3.05) is 13.1 Å². The lowest BCUT2D eigenvalue weighted by Crippen LogP contribution is -2.40. The zero-order chi connectivity index (χ0) is 13.8. The lowest BCUT2D eigenvalue weighted by atomic mass is 9.94. The highest BCUT2D eigenvalue weighted by molar-refractivity contribution is 6.33. The van der Waals surface area contributed by atoms with E-state index in [-0.39, 0.29) is 18.2 Å². The van der Waals surface area contributed by atoms with Crippen LogP contribution in [0.25, 0.3) is 0 Å². The molecule has 1 saturated heterocycles. The lowest BCUT2D eigenvalue weighted by molar-refractivity contribution is -0.138. The molecule has 0 spiro atoms. The summed E-state index contributed by atoms with van der Waals surface area (Å²) in [5, 5.41) is 9.19. The highest BCUT2D eigenvalue weighted by Crippen LogP contribution is 2.23. The van der Waals surface area contributed by atoms with E-state index in [1.54, 1.807) is 11.0 Å². The molecule has 0 radical (unpaired) electrons. The van der Waals surface area contributed by atoms with Gasteiger partial charge in [0.25, 0.3) is 5.91 Å². The Morgan fingerprint density at radius 1 is 1.53 bits per heavy atom. The van der Waals surface area contributed by atoms with Gasteiger partial charge in [-0.1, -0.05) is 11.6 Å². The van der Waals surface area contributed by atoms with Gasteiger partial charge in [-0.05, 0) is 24.8 Å². The average molecular weight is 283 g/mol. The first kappa shape index (κ1) is 13.8. The van der Waals surface area contributed by atoms with E-state index in [9.17, 15) is 9.59 Å². The largest absolute Gasteiger partial charge is 0.481 e. The molecule has 1 aliphatic rings. The molecule has 0 saturated carbocycles. The van der Waals surface area contributed by atoms with Crippen molar-refractivity contribution < 1.29 is 14.7 Å². The predicted molar refractivity (Wildman–Crippen MR) is 70.1 cm³/mol. The van der Waals surface area contributed by atoms with E-state index in [1.807, 2.05) is 0 Å². The molecule has 1 aliphatic heterocycles. The fourth-order valence-electron chi connectivity index (χ4n) is 2.37. The smallest absolute Gasteiger partial charge is 0.303 e. The number of carboxylic acid groups (broad SMARTS) is 1. The number of aliphatic carboxylic acids is 1. The van der Waals surface area contributed by atoms with Crippen LogP contribution >= 0.6 is 11.6 Å². The van der Waals surface area contributed by atoms with Gasteiger partial charge in [-0.3, -0.25) is 14.6 Å². The summed E-state index contributed by atoms with van der Waals surface area (Å²) in [4.78, 5) is 28.6. The van der Waals surface area contributed by atoms with Crippen molar-refractivity contribution in [3.63, 3.8) is 0 Å². The van der Waals surface area contributed by atoms with E-state index in [1.165, 1.54) is 12.4 Å². The van der Waals surface area contributed by atoms with Gasteiger partial charge in [0.05, 0.1) is 10.6 Å². The van der Waals surface area contributed by atoms with Crippen LogP contribution in [0.5, 0.6) is 0 Å². The molecule has 102 valence electrons. The minimum atomic E-state index is -0.821. The van der Waals surface area contributed by atoms with Crippen LogP contribution in [0.3, 0.4) is 0 Å². The van der Waals surface area contributed by atoms with E-state index < -0.39 is 5.97 Å². The third-order valence-corrected chi connectivity index (χ3v) is 3.60. The number of carboxylic acids is 1. The van der Waals surface area contributed by atoms with Gasteiger partial charge in [-0.2, -0.15) is 0 Å². The quantitative estimate of drug-likeness (QED) is 0.921. The van der Waals surface area contributed by atoms with E-state index in [4.69, 9.17) is 16.7 Å². The fraction of sp³-hybridized carbons (Fsp3) is 0.462. The molecule has 2 rings (SSSR count). The van der Waals surface area contributed by atoms with Gasteiger partial charge in [0.2, 0.25) is 0 Å². The maximum atomic E-state index is 12.3. The van der Waals surface area contributed by atoms with Gasteiger partial charge in [-0.15, -0.1) is 0 Å². The summed E-state index contributed by atoms with van der Waals surface area (Å²) >= 11 is 5.98. The standard InChI is InChI=1S/C13H15ClN2O3/c14-11-3-4-15-7-10(11)13(19)16-5-1-2-9(8-16)6-12(17)18/h3-4,7,9H,1-2,5-6,8H2,(H,17,18). The van der Waals surface area contributed by atoms with Crippen LogP contribution in [0.4, 0.5) is 0 Å². The number of halogens is 1.